The van der Waals surface area contributed by atoms with E-state index in [2.05, 4.69) is 23.3 Å². The fourth-order valence-electron chi connectivity index (χ4n) is 2.31. The lowest BCUT2D eigenvalue weighted by Crippen LogP contribution is -2.07. The smallest absolute Gasteiger partial charge is 0.135 e. The van der Waals surface area contributed by atoms with Gasteiger partial charge in [-0.1, -0.05) is 30.7 Å². The van der Waals surface area contributed by atoms with E-state index < -0.39 is 0 Å². The molecular formula is C17H20ClN3. The van der Waals surface area contributed by atoms with Gasteiger partial charge in [-0.3, -0.25) is 0 Å². The number of nitrogens with one attached hydrogen (secondary N) is 1. The molecule has 0 aliphatic heterocycles. The maximum Gasteiger partial charge on any atom is 0.135 e. The largest absolute Gasteiger partial charge is 0.370 e. The summed E-state index contributed by atoms with van der Waals surface area (Å²) in [5.74, 6) is 2.48. The molecule has 0 bridgehead atoms. The molecule has 1 aliphatic carbocycles. The van der Waals surface area contributed by atoms with Crippen molar-refractivity contribution in [2.75, 3.05) is 11.9 Å². The fourth-order valence-corrected chi connectivity index (χ4v) is 2.44. The Kier molecular flexibility index (Phi) is 4.39. The van der Waals surface area contributed by atoms with Crippen LogP contribution in [0.3, 0.4) is 0 Å². The average Bonchev–Trinajstić information content (AvgIpc) is 3.32. The molecule has 0 spiro atoms. The molecule has 2 aromatic rings. The third-order valence-corrected chi connectivity index (χ3v) is 3.87. The van der Waals surface area contributed by atoms with E-state index in [1.807, 2.05) is 24.3 Å². The number of hydrogen-bond acceptors (Lipinski definition) is 3. The van der Waals surface area contributed by atoms with Crippen molar-refractivity contribution in [2.24, 2.45) is 0 Å². The first-order valence-electron chi connectivity index (χ1n) is 7.61. The summed E-state index contributed by atoms with van der Waals surface area (Å²) in [4.78, 5) is 9.38. The lowest BCUT2D eigenvalue weighted by Gasteiger charge is -2.09. The zero-order valence-electron chi connectivity index (χ0n) is 12.3. The molecule has 0 unspecified atom stereocenters. The van der Waals surface area contributed by atoms with Gasteiger partial charge >= 0.3 is 0 Å². The lowest BCUT2D eigenvalue weighted by atomic mass is 10.1. The van der Waals surface area contributed by atoms with E-state index >= 15 is 0 Å². The van der Waals surface area contributed by atoms with Crippen LogP contribution in [0.1, 0.15) is 49.2 Å². The van der Waals surface area contributed by atoms with E-state index in [1.54, 1.807) is 0 Å². The standard InChI is InChI=1S/C17H20ClN3/c1-2-9-19-16-11-15(13-5-6-13)20-17(21-16)10-12-3-7-14(18)8-4-12/h3-4,7-8,11,13H,2,5-6,9-10H2,1H3,(H,19,20,21). The number of halogens is 1. The van der Waals surface area contributed by atoms with Crippen molar-refractivity contribution in [2.45, 2.75) is 38.5 Å². The summed E-state index contributed by atoms with van der Waals surface area (Å²) < 4.78 is 0. The molecule has 110 valence electrons. The van der Waals surface area contributed by atoms with Crippen LogP contribution in [0.5, 0.6) is 0 Å². The van der Waals surface area contributed by atoms with Crippen LogP contribution in [0.15, 0.2) is 30.3 Å². The molecule has 21 heavy (non-hydrogen) atoms. The van der Waals surface area contributed by atoms with Crippen LogP contribution in [0, 0.1) is 0 Å². The van der Waals surface area contributed by atoms with Gasteiger partial charge in [0.1, 0.15) is 11.6 Å². The van der Waals surface area contributed by atoms with E-state index in [0.717, 1.165) is 36.1 Å². The van der Waals surface area contributed by atoms with Crippen LogP contribution < -0.4 is 5.32 Å². The molecule has 1 fully saturated rings. The number of hydrogen-bond donors (Lipinski definition) is 1. The van der Waals surface area contributed by atoms with E-state index in [4.69, 9.17) is 16.6 Å². The van der Waals surface area contributed by atoms with E-state index in [9.17, 15) is 0 Å². The number of aromatic nitrogens is 2. The molecule has 1 N–H and O–H groups in total. The van der Waals surface area contributed by atoms with Gasteiger partial charge in [0.25, 0.3) is 0 Å². The summed E-state index contributed by atoms with van der Waals surface area (Å²) in [5, 5.41) is 4.14. The maximum absolute atomic E-state index is 5.93. The van der Waals surface area contributed by atoms with Crippen LogP contribution in [0.4, 0.5) is 5.82 Å². The molecule has 3 nitrogen and oxygen atoms in total. The molecule has 1 saturated carbocycles. The molecule has 1 heterocycles. The number of nitrogens with zero attached hydrogens (tertiary/aromatic N) is 2. The van der Waals surface area contributed by atoms with Gasteiger partial charge < -0.3 is 5.32 Å². The SMILES string of the molecule is CCCNc1cc(C2CC2)nc(Cc2ccc(Cl)cc2)n1. The maximum atomic E-state index is 5.93. The predicted octanol–water partition coefficient (Wildman–Crippen LogP) is 4.42. The highest BCUT2D eigenvalue weighted by Crippen LogP contribution is 2.39. The van der Waals surface area contributed by atoms with Crippen LogP contribution >= 0.6 is 11.6 Å². The predicted molar refractivity (Wildman–Crippen MR) is 87.0 cm³/mol. The number of rotatable bonds is 6. The topological polar surface area (TPSA) is 37.8 Å². The minimum Gasteiger partial charge on any atom is -0.370 e. The third kappa shape index (κ3) is 3.94. The van der Waals surface area contributed by atoms with Crippen molar-refractivity contribution in [1.29, 1.82) is 0 Å². The van der Waals surface area contributed by atoms with Crippen molar-refractivity contribution in [3.63, 3.8) is 0 Å². The summed E-state index contributed by atoms with van der Waals surface area (Å²) in [6, 6.07) is 10.0. The second-order valence-electron chi connectivity index (χ2n) is 5.60. The van der Waals surface area contributed by atoms with E-state index in [-0.39, 0.29) is 0 Å². The summed E-state index contributed by atoms with van der Waals surface area (Å²) in [6.07, 6.45) is 4.35. The van der Waals surface area contributed by atoms with Crippen LogP contribution in [-0.2, 0) is 6.42 Å². The molecule has 0 amide bonds. The van der Waals surface area contributed by atoms with Crippen molar-refractivity contribution in [3.05, 3.63) is 52.4 Å². The van der Waals surface area contributed by atoms with Gasteiger partial charge in [0.15, 0.2) is 0 Å². The minimum absolute atomic E-state index is 0.638. The molecule has 1 aromatic heterocycles. The van der Waals surface area contributed by atoms with Crippen molar-refractivity contribution in [3.8, 4) is 0 Å². The Morgan fingerprint density at radius 3 is 2.62 bits per heavy atom. The van der Waals surface area contributed by atoms with Crippen LogP contribution in [-0.4, -0.2) is 16.5 Å². The number of anilines is 1. The first-order chi connectivity index (χ1) is 10.2. The van der Waals surface area contributed by atoms with Gasteiger partial charge in [-0.05, 0) is 37.0 Å². The highest BCUT2D eigenvalue weighted by Gasteiger charge is 2.26. The average molecular weight is 302 g/mol. The molecule has 0 atom stereocenters. The van der Waals surface area contributed by atoms with Crippen LogP contribution in [0.25, 0.3) is 0 Å². The highest BCUT2D eigenvalue weighted by molar-refractivity contribution is 6.30. The van der Waals surface area contributed by atoms with Gasteiger partial charge in [0, 0.05) is 35.7 Å². The molecule has 3 rings (SSSR count). The Morgan fingerprint density at radius 1 is 1.19 bits per heavy atom. The quantitative estimate of drug-likeness (QED) is 0.858. The molecule has 1 aliphatic rings. The molecule has 0 saturated heterocycles. The number of benzene rings is 1. The zero-order chi connectivity index (χ0) is 14.7. The second kappa shape index (κ2) is 6.44. The van der Waals surface area contributed by atoms with Gasteiger partial charge in [-0.25, -0.2) is 9.97 Å². The first kappa shape index (κ1) is 14.3. The summed E-state index contributed by atoms with van der Waals surface area (Å²) in [5.41, 5.74) is 2.38. The van der Waals surface area contributed by atoms with E-state index in [0.29, 0.717) is 5.92 Å². The highest BCUT2D eigenvalue weighted by atomic mass is 35.5. The summed E-state index contributed by atoms with van der Waals surface area (Å²) >= 11 is 5.93. The fraction of sp³-hybridized carbons (Fsp3) is 0.412. The Bertz CT molecular complexity index is 606. The van der Waals surface area contributed by atoms with Crippen molar-refractivity contribution >= 4 is 17.4 Å². The molecule has 0 radical (unpaired) electrons. The molecule has 4 heteroatoms. The van der Waals surface area contributed by atoms with Crippen molar-refractivity contribution < 1.29 is 0 Å². The Balaban J connectivity index is 1.82. The first-order valence-corrected chi connectivity index (χ1v) is 7.98. The Labute approximate surface area is 130 Å². The van der Waals surface area contributed by atoms with Gasteiger partial charge in [-0.2, -0.15) is 0 Å². The third-order valence-electron chi connectivity index (χ3n) is 3.62. The summed E-state index contributed by atoms with van der Waals surface area (Å²) in [6.45, 7) is 3.10. The Hall–Kier alpha value is -1.61. The van der Waals surface area contributed by atoms with Gasteiger partial charge in [-0.15, -0.1) is 0 Å². The molecule has 1 aromatic carbocycles. The lowest BCUT2D eigenvalue weighted by molar-refractivity contribution is 0.887. The van der Waals surface area contributed by atoms with Crippen molar-refractivity contribution in [1.82, 2.24) is 9.97 Å². The summed E-state index contributed by atoms with van der Waals surface area (Å²) in [7, 11) is 0. The van der Waals surface area contributed by atoms with Gasteiger partial charge in [0.2, 0.25) is 0 Å². The Morgan fingerprint density at radius 2 is 1.95 bits per heavy atom. The normalized spacial score (nSPS) is 14.2. The zero-order valence-corrected chi connectivity index (χ0v) is 13.0. The van der Waals surface area contributed by atoms with Crippen LogP contribution in [0.2, 0.25) is 5.02 Å². The monoisotopic (exact) mass is 301 g/mol. The second-order valence-corrected chi connectivity index (χ2v) is 6.04. The van der Waals surface area contributed by atoms with E-state index in [1.165, 1.54) is 24.1 Å². The van der Waals surface area contributed by atoms with Gasteiger partial charge in [0.05, 0.1) is 0 Å². The molecular weight excluding hydrogens is 282 g/mol. The minimum atomic E-state index is 0.638.